The van der Waals surface area contributed by atoms with Crippen LogP contribution in [0, 0.1) is 13.8 Å². The maximum Gasteiger partial charge on any atom is 0.340 e. The standard InChI is InChI=1S/C26H29N3O6/c1-14(2)29-17(5)22(26(33)34-6)21(25(29)32)12-19-9-10-20(35-19)13-27-23(30)24(31)28-18-8-7-15(3)16(4)11-18/h7-12,14H,13H2,1-6H3,(H,27,30)(H,28,31)/b21-12+. The van der Waals surface area contributed by atoms with E-state index in [2.05, 4.69) is 10.6 Å². The number of amides is 3. The van der Waals surface area contributed by atoms with Crippen LogP contribution in [0.15, 0.2) is 51.6 Å². The Balaban J connectivity index is 1.69. The van der Waals surface area contributed by atoms with Gasteiger partial charge in [-0.1, -0.05) is 6.07 Å². The number of furan rings is 1. The number of hydrogen-bond donors (Lipinski definition) is 2. The van der Waals surface area contributed by atoms with Crippen LogP contribution in [0.3, 0.4) is 0 Å². The molecule has 9 heteroatoms. The molecule has 0 fully saturated rings. The zero-order chi connectivity index (χ0) is 25.9. The predicted molar refractivity (Wildman–Crippen MR) is 130 cm³/mol. The lowest BCUT2D eigenvalue weighted by molar-refractivity contribution is -0.136. The number of methoxy groups -OCH3 is 1. The number of ether oxygens (including phenoxy) is 1. The van der Waals surface area contributed by atoms with E-state index in [1.54, 1.807) is 31.2 Å². The van der Waals surface area contributed by atoms with E-state index < -0.39 is 17.8 Å². The Kier molecular flexibility index (Phi) is 7.58. The summed E-state index contributed by atoms with van der Waals surface area (Å²) in [6, 6.07) is 8.45. The summed E-state index contributed by atoms with van der Waals surface area (Å²) in [5.41, 5.74) is 3.47. The van der Waals surface area contributed by atoms with Crippen LogP contribution < -0.4 is 10.6 Å². The topological polar surface area (TPSA) is 118 Å². The van der Waals surface area contributed by atoms with Crippen LogP contribution >= 0.6 is 0 Å². The molecule has 1 aliphatic rings. The Labute approximate surface area is 203 Å². The average Bonchev–Trinajstić information content (AvgIpc) is 3.35. The number of nitrogens with zero attached hydrogens (tertiary/aromatic N) is 1. The van der Waals surface area contributed by atoms with Crippen molar-refractivity contribution in [2.45, 2.75) is 47.2 Å². The molecule has 0 saturated carbocycles. The number of carbonyl (C=O) groups excluding carboxylic acids is 4. The van der Waals surface area contributed by atoms with Crippen molar-refractivity contribution in [3.05, 3.63) is 69.8 Å². The summed E-state index contributed by atoms with van der Waals surface area (Å²) in [6.07, 6.45) is 1.47. The fourth-order valence-corrected chi connectivity index (χ4v) is 3.78. The van der Waals surface area contributed by atoms with E-state index in [0.29, 0.717) is 22.9 Å². The fourth-order valence-electron chi connectivity index (χ4n) is 3.78. The van der Waals surface area contributed by atoms with Gasteiger partial charge in [-0.05, 0) is 76.1 Å². The van der Waals surface area contributed by atoms with Gasteiger partial charge in [0, 0.05) is 17.4 Å². The first-order chi connectivity index (χ1) is 16.5. The molecule has 1 aromatic carbocycles. The van der Waals surface area contributed by atoms with Crippen molar-refractivity contribution >= 4 is 35.5 Å². The van der Waals surface area contributed by atoms with Crippen LogP contribution in [0.5, 0.6) is 0 Å². The molecule has 0 atom stereocenters. The molecule has 35 heavy (non-hydrogen) atoms. The van der Waals surface area contributed by atoms with Crippen LogP contribution in [-0.4, -0.2) is 41.7 Å². The van der Waals surface area contributed by atoms with Gasteiger partial charge in [0.1, 0.15) is 11.5 Å². The van der Waals surface area contributed by atoms with Crippen LogP contribution in [0.4, 0.5) is 5.69 Å². The van der Waals surface area contributed by atoms with E-state index in [9.17, 15) is 19.2 Å². The first kappa shape index (κ1) is 25.5. The second kappa shape index (κ2) is 10.4. The Morgan fingerprint density at radius 2 is 1.77 bits per heavy atom. The molecular formula is C26H29N3O6. The molecule has 0 saturated heterocycles. The second-order valence-corrected chi connectivity index (χ2v) is 8.52. The van der Waals surface area contributed by atoms with Gasteiger partial charge < -0.3 is 24.7 Å². The largest absolute Gasteiger partial charge is 0.465 e. The van der Waals surface area contributed by atoms with E-state index in [1.165, 1.54) is 18.1 Å². The molecule has 1 aliphatic heterocycles. The zero-order valence-electron chi connectivity index (χ0n) is 20.6. The number of benzene rings is 1. The Hall–Kier alpha value is -4.14. The van der Waals surface area contributed by atoms with Gasteiger partial charge in [-0.2, -0.15) is 0 Å². The van der Waals surface area contributed by atoms with Gasteiger partial charge in [-0.3, -0.25) is 14.4 Å². The van der Waals surface area contributed by atoms with Crippen molar-refractivity contribution < 1.29 is 28.3 Å². The van der Waals surface area contributed by atoms with Gasteiger partial charge in [0.15, 0.2) is 0 Å². The highest BCUT2D eigenvalue weighted by atomic mass is 16.5. The zero-order valence-corrected chi connectivity index (χ0v) is 20.6. The summed E-state index contributed by atoms with van der Waals surface area (Å²) in [5.74, 6) is -1.86. The molecule has 2 heterocycles. The van der Waals surface area contributed by atoms with Crippen LogP contribution in [-0.2, 0) is 30.5 Å². The number of nitrogens with one attached hydrogen (secondary N) is 2. The van der Waals surface area contributed by atoms with Gasteiger partial charge in [0.2, 0.25) is 0 Å². The fraction of sp³-hybridized carbons (Fsp3) is 0.308. The first-order valence-corrected chi connectivity index (χ1v) is 11.1. The number of aryl methyl sites for hydroxylation is 2. The molecule has 2 aromatic rings. The Bertz CT molecular complexity index is 1250. The Morgan fingerprint density at radius 3 is 2.40 bits per heavy atom. The molecule has 3 rings (SSSR count). The maximum absolute atomic E-state index is 12.9. The van der Waals surface area contributed by atoms with Gasteiger partial charge in [0.05, 0.1) is 24.8 Å². The first-order valence-electron chi connectivity index (χ1n) is 11.1. The predicted octanol–water partition coefficient (Wildman–Crippen LogP) is 3.23. The second-order valence-electron chi connectivity index (χ2n) is 8.52. The molecule has 2 N–H and O–H groups in total. The molecule has 9 nitrogen and oxygen atoms in total. The number of esters is 1. The summed E-state index contributed by atoms with van der Waals surface area (Å²) in [7, 11) is 1.26. The van der Waals surface area contributed by atoms with Crippen molar-refractivity contribution in [3.63, 3.8) is 0 Å². The molecule has 0 bridgehead atoms. The van der Waals surface area contributed by atoms with E-state index in [1.807, 2.05) is 33.8 Å². The number of allylic oxidation sites excluding steroid dienone is 1. The highest BCUT2D eigenvalue weighted by Crippen LogP contribution is 2.33. The van der Waals surface area contributed by atoms with Gasteiger partial charge >= 0.3 is 17.8 Å². The molecule has 3 amide bonds. The van der Waals surface area contributed by atoms with Crippen molar-refractivity contribution in [3.8, 4) is 0 Å². The van der Waals surface area contributed by atoms with E-state index in [0.717, 1.165) is 11.1 Å². The van der Waals surface area contributed by atoms with E-state index in [4.69, 9.17) is 9.15 Å². The van der Waals surface area contributed by atoms with Gasteiger partial charge in [-0.25, -0.2) is 4.79 Å². The van der Waals surface area contributed by atoms with E-state index in [-0.39, 0.29) is 29.6 Å². The molecular weight excluding hydrogens is 450 g/mol. The maximum atomic E-state index is 12.9. The smallest absolute Gasteiger partial charge is 0.340 e. The molecule has 0 radical (unpaired) electrons. The third kappa shape index (κ3) is 5.51. The summed E-state index contributed by atoms with van der Waals surface area (Å²) in [4.78, 5) is 51.2. The highest BCUT2D eigenvalue weighted by molar-refractivity contribution is 6.39. The molecule has 184 valence electrons. The minimum atomic E-state index is -0.815. The van der Waals surface area contributed by atoms with Crippen LogP contribution in [0.25, 0.3) is 6.08 Å². The highest BCUT2D eigenvalue weighted by Gasteiger charge is 2.38. The molecule has 0 aliphatic carbocycles. The van der Waals surface area contributed by atoms with Gasteiger partial charge in [-0.15, -0.1) is 0 Å². The number of hydrogen-bond acceptors (Lipinski definition) is 6. The average molecular weight is 480 g/mol. The third-order valence-electron chi connectivity index (χ3n) is 5.71. The minimum absolute atomic E-state index is 0.0346. The Morgan fingerprint density at radius 1 is 1.06 bits per heavy atom. The normalized spacial score (nSPS) is 14.7. The van der Waals surface area contributed by atoms with Crippen molar-refractivity contribution in [2.24, 2.45) is 0 Å². The lowest BCUT2D eigenvalue weighted by atomic mass is 10.1. The molecule has 1 aromatic heterocycles. The lowest BCUT2D eigenvalue weighted by Crippen LogP contribution is -2.34. The SMILES string of the molecule is COC(=O)C1=C(C)N(C(C)C)C(=O)/C1=C/c1ccc(CNC(=O)C(=O)Nc2ccc(C)c(C)c2)o1. The lowest BCUT2D eigenvalue weighted by Gasteiger charge is -2.22. The minimum Gasteiger partial charge on any atom is -0.465 e. The van der Waals surface area contributed by atoms with Crippen molar-refractivity contribution in [2.75, 3.05) is 12.4 Å². The third-order valence-corrected chi connectivity index (χ3v) is 5.71. The number of anilines is 1. The number of carbonyl (C=O) groups is 4. The van der Waals surface area contributed by atoms with Crippen LogP contribution in [0.2, 0.25) is 0 Å². The van der Waals surface area contributed by atoms with Crippen LogP contribution in [0.1, 0.15) is 43.4 Å². The van der Waals surface area contributed by atoms with Crippen molar-refractivity contribution in [1.29, 1.82) is 0 Å². The molecule has 0 unspecified atom stereocenters. The van der Waals surface area contributed by atoms with Gasteiger partial charge in [0.25, 0.3) is 5.91 Å². The van der Waals surface area contributed by atoms with E-state index >= 15 is 0 Å². The van der Waals surface area contributed by atoms with Crippen molar-refractivity contribution in [1.82, 2.24) is 10.2 Å². The summed E-state index contributed by atoms with van der Waals surface area (Å²) < 4.78 is 10.6. The summed E-state index contributed by atoms with van der Waals surface area (Å²) in [5, 5.41) is 5.06. The molecule has 0 spiro atoms. The number of rotatable bonds is 6. The quantitative estimate of drug-likeness (QED) is 0.373. The summed E-state index contributed by atoms with van der Waals surface area (Å²) >= 11 is 0. The summed E-state index contributed by atoms with van der Waals surface area (Å²) in [6.45, 7) is 9.23. The monoisotopic (exact) mass is 479 g/mol.